The lowest BCUT2D eigenvalue weighted by molar-refractivity contribution is 0.0375. The molecule has 0 spiro atoms. The molecule has 3 rings (SSSR count). The summed E-state index contributed by atoms with van der Waals surface area (Å²) in [4.78, 5) is 14.7. The van der Waals surface area contributed by atoms with E-state index in [9.17, 15) is 4.79 Å². The van der Waals surface area contributed by atoms with Crippen molar-refractivity contribution in [2.24, 2.45) is 5.41 Å². The topological polar surface area (TPSA) is 41.6 Å². The molecule has 1 fully saturated rings. The highest BCUT2D eigenvalue weighted by Gasteiger charge is 2.46. The second-order valence-corrected chi connectivity index (χ2v) is 9.56. The fourth-order valence-corrected chi connectivity index (χ4v) is 4.72. The second-order valence-electron chi connectivity index (χ2n) is 9.56. The Morgan fingerprint density at radius 1 is 0.967 bits per heavy atom. The van der Waals surface area contributed by atoms with E-state index in [0.717, 1.165) is 38.8 Å². The van der Waals surface area contributed by atoms with Gasteiger partial charge in [-0.2, -0.15) is 0 Å². The van der Waals surface area contributed by atoms with Gasteiger partial charge in [0.1, 0.15) is 0 Å². The zero-order valence-electron chi connectivity index (χ0n) is 18.9. The van der Waals surface area contributed by atoms with E-state index < -0.39 is 0 Å². The van der Waals surface area contributed by atoms with Crippen LogP contribution in [0.1, 0.15) is 57.6 Å². The van der Waals surface area contributed by atoms with Crippen molar-refractivity contribution in [3.8, 4) is 0 Å². The number of rotatable bonds is 6. The predicted octanol–water partition coefficient (Wildman–Crippen LogP) is 5.77. The summed E-state index contributed by atoms with van der Waals surface area (Å²) in [5, 5.41) is 3.20. The third kappa shape index (κ3) is 5.42. The Kier molecular flexibility index (Phi) is 7.19. The molecule has 0 aliphatic heterocycles. The van der Waals surface area contributed by atoms with Gasteiger partial charge in [-0.15, -0.1) is 0 Å². The maximum Gasteiger partial charge on any atom is 0.407 e. The number of alkyl carbamates (subject to hydrolysis) is 1. The van der Waals surface area contributed by atoms with Gasteiger partial charge in [-0.1, -0.05) is 81.4 Å². The molecule has 0 atom stereocenters. The third-order valence-corrected chi connectivity index (χ3v) is 6.74. The highest BCUT2D eigenvalue weighted by Crippen LogP contribution is 2.43. The summed E-state index contributed by atoms with van der Waals surface area (Å²) in [7, 11) is 1.44. The van der Waals surface area contributed by atoms with Gasteiger partial charge in [-0.3, -0.25) is 4.90 Å². The first-order chi connectivity index (χ1) is 14.3. The number of amides is 1. The minimum atomic E-state index is -0.325. The average Bonchev–Trinajstić information content (AvgIpc) is 2.74. The molecule has 2 aromatic rings. The molecule has 4 nitrogen and oxygen atoms in total. The summed E-state index contributed by atoms with van der Waals surface area (Å²) in [5.41, 5.74) is 2.42. The summed E-state index contributed by atoms with van der Waals surface area (Å²) in [6, 6.07) is 21.9. The van der Waals surface area contributed by atoms with E-state index in [4.69, 9.17) is 4.74 Å². The molecule has 0 unspecified atom stereocenters. The zero-order valence-corrected chi connectivity index (χ0v) is 18.9. The molecule has 4 heteroatoms. The van der Waals surface area contributed by atoms with Crippen LogP contribution in [0.3, 0.4) is 0 Å². The van der Waals surface area contributed by atoms with E-state index in [1.165, 1.54) is 18.2 Å². The van der Waals surface area contributed by atoms with Crippen molar-refractivity contribution < 1.29 is 9.53 Å². The standard InChI is InChI=1S/C26H36N2O2/c1-25(2,3)26(27-24(29)30-4)17-15-23(16-18-26)28(19-21-11-7-5-8-12-21)20-22-13-9-6-10-14-22/h5-14,23H,15-20H2,1-4H3,(H,27,29). The van der Waals surface area contributed by atoms with Gasteiger partial charge in [0.05, 0.1) is 7.11 Å². The molecular weight excluding hydrogens is 372 g/mol. The monoisotopic (exact) mass is 408 g/mol. The summed E-state index contributed by atoms with van der Waals surface area (Å²) in [6.07, 6.45) is 3.70. The van der Waals surface area contributed by atoms with Crippen LogP contribution in [-0.2, 0) is 17.8 Å². The smallest absolute Gasteiger partial charge is 0.407 e. The van der Waals surface area contributed by atoms with Crippen molar-refractivity contribution in [1.29, 1.82) is 0 Å². The number of hydrogen-bond acceptors (Lipinski definition) is 3. The minimum absolute atomic E-state index is 0.0319. The largest absolute Gasteiger partial charge is 0.453 e. The Hall–Kier alpha value is -2.33. The highest BCUT2D eigenvalue weighted by atomic mass is 16.5. The molecule has 1 saturated carbocycles. The fourth-order valence-electron chi connectivity index (χ4n) is 4.72. The number of nitrogens with one attached hydrogen (secondary N) is 1. The predicted molar refractivity (Wildman–Crippen MR) is 122 cm³/mol. The van der Waals surface area contributed by atoms with E-state index in [0.29, 0.717) is 6.04 Å². The van der Waals surface area contributed by atoms with Crippen LogP contribution in [0, 0.1) is 5.41 Å². The molecular formula is C26H36N2O2. The number of carbonyl (C=O) groups excluding carboxylic acids is 1. The quantitative estimate of drug-likeness (QED) is 0.659. The molecule has 2 aromatic carbocycles. The first kappa shape index (κ1) is 22.4. The van der Waals surface area contributed by atoms with Crippen LogP contribution in [0.2, 0.25) is 0 Å². The minimum Gasteiger partial charge on any atom is -0.453 e. The van der Waals surface area contributed by atoms with Crippen LogP contribution in [-0.4, -0.2) is 29.7 Å². The van der Waals surface area contributed by atoms with Crippen molar-refractivity contribution >= 4 is 6.09 Å². The molecule has 1 aliphatic rings. The lowest BCUT2D eigenvalue weighted by atomic mass is 9.64. The van der Waals surface area contributed by atoms with Crippen molar-refractivity contribution in [2.75, 3.05) is 7.11 Å². The summed E-state index contributed by atoms with van der Waals surface area (Å²) in [5.74, 6) is 0. The van der Waals surface area contributed by atoms with Crippen molar-refractivity contribution in [3.63, 3.8) is 0 Å². The van der Waals surface area contributed by atoms with E-state index >= 15 is 0 Å². The Labute approximate surface area is 181 Å². The second kappa shape index (κ2) is 9.65. The van der Waals surface area contributed by atoms with Gasteiger partial charge in [0.2, 0.25) is 0 Å². The molecule has 0 radical (unpaired) electrons. The van der Waals surface area contributed by atoms with Gasteiger partial charge >= 0.3 is 6.09 Å². The molecule has 30 heavy (non-hydrogen) atoms. The first-order valence-electron chi connectivity index (χ1n) is 11.0. The van der Waals surface area contributed by atoms with Gasteiger partial charge in [-0.25, -0.2) is 4.79 Å². The number of carbonyl (C=O) groups is 1. The van der Waals surface area contributed by atoms with Gasteiger partial charge in [0.25, 0.3) is 0 Å². The molecule has 1 amide bonds. The number of hydrogen-bond donors (Lipinski definition) is 1. The van der Waals surface area contributed by atoms with Crippen LogP contribution in [0.25, 0.3) is 0 Å². The number of nitrogens with zero attached hydrogens (tertiary/aromatic N) is 1. The molecule has 162 valence electrons. The van der Waals surface area contributed by atoms with E-state index in [2.05, 4.69) is 91.7 Å². The number of methoxy groups -OCH3 is 1. The molecule has 0 saturated heterocycles. The SMILES string of the molecule is COC(=O)NC1(C(C)(C)C)CCC(N(Cc2ccccc2)Cc2ccccc2)CC1. The van der Waals surface area contributed by atoms with Gasteiger partial charge in [-0.05, 0) is 42.2 Å². The number of ether oxygens (including phenoxy) is 1. The Balaban J connectivity index is 1.77. The molecule has 0 heterocycles. The summed E-state index contributed by atoms with van der Waals surface area (Å²) in [6.45, 7) is 8.53. The lowest BCUT2D eigenvalue weighted by Gasteiger charge is -2.50. The van der Waals surface area contributed by atoms with Crippen LogP contribution in [0.15, 0.2) is 60.7 Å². The Morgan fingerprint density at radius 2 is 1.43 bits per heavy atom. The van der Waals surface area contributed by atoms with Crippen LogP contribution in [0.4, 0.5) is 4.79 Å². The zero-order chi connectivity index (χ0) is 21.6. The summed E-state index contributed by atoms with van der Waals surface area (Å²) >= 11 is 0. The highest BCUT2D eigenvalue weighted by molar-refractivity contribution is 5.68. The fraction of sp³-hybridized carbons (Fsp3) is 0.500. The van der Waals surface area contributed by atoms with Crippen LogP contribution in [0.5, 0.6) is 0 Å². The summed E-state index contributed by atoms with van der Waals surface area (Å²) < 4.78 is 4.95. The Morgan fingerprint density at radius 3 is 1.83 bits per heavy atom. The third-order valence-electron chi connectivity index (χ3n) is 6.74. The van der Waals surface area contributed by atoms with Crippen LogP contribution < -0.4 is 5.32 Å². The average molecular weight is 409 g/mol. The molecule has 0 aromatic heterocycles. The number of benzene rings is 2. The van der Waals surface area contributed by atoms with Crippen molar-refractivity contribution in [3.05, 3.63) is 71.8 Å². The molecule has 1 N–H and O–H groups in total. The lowest BCUT2D eigenvalue weighted by Crippen LogP contribution is -2.60. The first-order valence-corrected chi connectivity index (χ1v) is 11.0. The van der Waals surface area contributed by atoms with E-state index in [1.807, 2.05) is 0 Å². The van der Waals surface area contributed by atoms with E-state index in [-0.39, 0.29) is 17.0 Å². The van der Waals surface area contributed by atoms with Crippen LogP contribution >= 0.6 is 0 Å². The maximum absolute atomic E-state index is 12.1. The van der Waals surface area contributed by atoms with Gasteiger partial charge in [0, 0.05) is 24.7 Å². The Bertz CT molecular complexity index is 749. The normalized spacial score (nSPS) is 22.0. The van der Waals surface area contributed by atoms with Gasteiger partial charge < -0.3 is 10.1 Å². The molecule has 1 aliphatic carbocycles. The van der Waals surface area contributed by atoms with Gasteiger partial charge in [0.15, 0.2) is 0 Å². The molecule has 0 bridgehead atoms. The van der Waals surface area contributed by atoms with Crippen molar-refractivity contribution in [2.45, 2.75) is 71.1 Å². The van der Waals surface area contributed by atoms with E-state index in [1.54, 1.807) is 0 Å². The van der Waals surface area contributed by atoms with Crippen molar-refractivity contribution in [1.82, 2.24) is 10.2 Å². The maximum atomic E-state index is 12.1.